The molecule has 36 heavy (non-hydrogen) atoms. The van der Waals surface area contributed by atoms with Crippen molar-refractivity contribution in [2.45, 2.75) is 19.0 Å². The molecule has 1 amide bonds. The quantitative estimate of drug-likeness (QED) is 0.319. The monoisotopic (exact) mass is 501 g/mol. The zero-order valence-electron chi connectivity index (χ0n) is 18.9. The Morgan fingerprint density at radius 3 is 2.44 bits per heavy atom. The second-order valence-corrected chi connectivity index (χ2v) is 8.08. The third-order valence-electron chi connectivity index (χ3n) is 5.65. The fourth-order valence-electron chi connectivity index (χ4n) is 3.82. The number of aromatic nitrogens is 5. The number of benzene rings is 2. The average molecular weight is 501 g/mol. The van der Waals surface area contributed by atoms with Gasteiger partial charge in [0.25, 0.3) is 11.5 Å². The molecule has 0 saturated carbocycles. The van der Waals surface area contributed by atoms with Crippen LogP contribution in [0, 0.1) is 5.82 Å². The van der Waals surface area contributed by atoms with Crippen LogP contribution in [-0.4, -0.2) is 30.7 Å². The van der Waals surface area contributed by atoms with Crippen LogP contribution in [0.3, 0.4) is 0 Å². The van der Waals surface area contributed by atoms with Crippen LogP contribution in [0.2, 0.25) is 0 Å². The Hall–Kier alpha value is -4.55. The highest BCUT2D eigenvalue weighted by atomic mass is 19.4. The van der Waals surface area contributed by atoms with E-state index >= 15 is 0 Å². The topological polar surface area (TPSA) is 135 Å². The van der Waals surface area contributed by atoms with Gasteiger partial charge in [-0.25, -0.2) is 9.07 Å². The Balaban J connectivity index is 1.86. The van der Waals surface area contributed by atoms with E-state index in [-0.39, 0.29) is 22.5 Å². The lowest BCUT2D eigenvalue weighted by molar-refractivity contribution is -0.137. The molecule has 0 aliphatic heterocycles. The number of halogens is 4. The van der Waals surface area contributed by atoms with Gasteiger partial charge < -0.3 is 11.5 Å². The molecule has 4 aromatic rings. The van der Waals surface area contributed by atoms with Crippen molar-refractivity contribution < 1.29 is 22.4 Å². The number of primary amides is 1. The molecule has 2 aromatic carbocycles. The summed E-state index contributed by atoms with van der Waals surface area (Å²) >= 11 is 0. The molecule has 0 radical (unpaired) electrons. The number of rotatable bonds is 5. The van der Waals surface area contributed by atoms with Crippen molar-refractivity contribution in [1.82, 2.24) is 24.8 Å². The van der Waals surface area contributed by atoms with Crippen molar-refractivity contribution >= 4 is 11.6 Å². The molecule has 2 aromatic heterocycles. The molecule has 1 unspecified atom stereocenters. The molecule has 0 fully saturated rings. The molecular weight excluding hydrogens is 482 g/mol. The first kappa shape index (κ1) is 24.6. The molecule has 4 N–H and O–H groups in total. The van der Waals surface area contributed by atoms with Gasteiger partial charge in [-0.1, -0.05) is 12.1 Å². The lowest BCUT2D eigenvalue weighted by atomic mass is 9.90. The number of nitrogens with two attached hydrogens (primary N) is 2. The van der Waals surface area contributed by atoms with Crippen LogP contribution in [0.1, 0.15) is 40.0 Å². The molecule has 13 heteroatoms. The minimum Gasteiger partial charge on any atom is -0.399 e. The van der Waals surface area contributed by atoms with Crippen molar-refractivity contribution in [3.05, 3.63) is 87.2 Å². The SMILES string of the molecule is CC(c1cc(N)cc(C(F)(F)F)c1)c1cc(=O)n(-c2cc(-c3cnnn3C)ccc2F)nc1C(N)=O. The summed E-state index contributed by atoms with van der Waals surface area (Å²) in [5, 5.41) is 11.6. The molecule has 0 aliphatic carbocycles. The van der Waals surface area contributed by atoms with Crippen molar-refractivity contribution in [2.75, 3.05) is 5.73 Å². The van der Waals surface area contributed by atoms with E-state index in [9.17, 15) is 27.2 Å². The van der Waals surface area contributed by atoms with Crippen LogP contribution >= 0.6 is 0 Å². The maximum Gasteiger partial charge on any atom is 0.416 e. The maximum absolute atomic E-state index is 14.8. The van der Waals surface area contributed by atoms with Gasteiger partial charge in [0.2, 0.25) is 0 Å². The van der Waals surface area contributed by atoms with Crippen molar-refractivity contribution in [3.8, 4) is 16.9 Å². The normalized spacial score (nSPS) is 12.5. The summed E-state index contributed by atoms with van der Waals surface area (Å²) in [6, 6.07) is 7.80. The predicted octanol–water partition coefficient (Wildman–Crippen LogP) is 3.02. The zero-order valence-corrected chi connectivity index (χ0v) is 18.9. The minimum absolute atomic E-state index is 0.0325. The van der Waals surface area contributed by atoms with Crippen LogP contribution in [0.4, 0.5) is 23.2 Å². The second kappa shape index (κ2) is 8.91. The number of hydrogen-bond acceptors (Lipinski definition) is 6. The Kier molecular flexibility index (Phi) is 6.08. The van der Waals surface area contributed by atoms with Crippen LogP contribution in [0.15, 0.2) is 53.5 Å². The highest BCUT2D eigenvalue weighted by molar-refractivity contribution is 5.92. The van der Waals surface area contributed by atoms with Gasteiger partial charge in [-0.2, -0.15) is 23.0 Å². The molecular formula is C23H19F4N7O2. The Bertz CT molecular complexity index is 1540. The van der Waals surface area contributed by atoms with Crippen molar-refractivity contribution in [2.24, 2.45) is 12.8 Å². The van der Waals surface area contributed by atoms with E-state index in [4.69, 9.17) is 11.5 Å². The Morgan fingerprint density at radius 2 is 1.83 bits per heavy atom. The van der Waals surface area contributed by atoms with Crippen LogP contribution in [-0.2, 0) is 13.2 Å². The van der Waals surface area contributed by atoms with Gasteiger partial charge in [-0.05, 0) is 47.5 Å². The summed E-state index contributed by atoms with van der Waals surface area (Å²) in [6.07, 6.45) is -3.22. The van der Waals surface area contributed by atoms with Gasteiger partial charge in [0.15, 0.2) is 5.69 Å². The standard InChI is InChI=1S/C23H19F4N7O2/c1-11(13-5-14(23(25,26)27)8-15(28)6-13)16-9-20(35)34(31-21(16)22(29)36)18-7-12(3-4-17(18)24)19-10-30-32-33(19)2/h3-11H,28H2,1-2H3,(H2,29,36). The van der Waals surface area contributed by atoms with Crippen LogP contribution < -0.4 is 17.0 Å². The lowest BCUT2D eigenvalue weighted by Crippen LogP contribution is -2.29. The van der Waals surface area contributed by atoms with E-state index < -0.39 is 40.6 Å². The molecule has 1 atom stereocenters. The number of hydrogen-bond donors (Lipinski definition) is 2. The highest BCUT2D eigenvalue weighted by Gasteiger charge is 2.32. The first-order chi connectivity index (χ1) is 16.9. The molecule has 0 aliphatic rings. The third kappa shape index (κ3) is 4.54. The van der Waals surface area contributed by atoms with E-state index in [1.54, 1.807) is 7.05 Å². The van der Waals surface area contributed by atoms with Gasteiger partial charge in [0, 0.05) is 30.3 Å². The van der Waals surface area contributed by atoms with Crippen molar-refractivity contribution in [3.63, 3.8) is 0 Å². The van der Waals surface area contributed by atoms with Gasteiger partial charge in [0.05, 0.1) is 17.5 Å². The van der Waals surface area contributed by atoms with Gasteiger partial charge >= 0.3 is 6.18 Å². The number of aryl methyl sites for hydroxylation is 1. The summed E-state index contributed by atoms with van der Waals surface area (Å²) in [7, 11) is 1.62. The van der Waals surface area contributed by atoms with E-state index in [0.717, 1.165) is 24.3 Å². The third-order valence-corrected chi connectivity index (χ3v) is 5.65. The summed E-state index contributed by atoms with van der Waals surface area (Å²) < 4.78 is 56.7. The first-order valence-electron chi connectivity index (χ1n) is 10.4. The summed E-state index contributed by atoms with van der Waals surface area (Å²) in [4.78, 5) is 25.3. The van der Waals surface area contributed by atoms with Crippen LogP contribution in [0.25, 0.3) is 16.9 Å². The fraction of sp³-hybridized carbons (Fsp3) is 0.174. The number of carbonyl (C=O) groups is 1. The highest BCUT2D eigenvalue weighted by Crippen LogP contribution is 2.35. The molecule has 2 heterocycles. The van der Waals surface area contributed by atoms with E-state index in [2.05, 4.69) is 15.4 Å². The lowest BCUT2D eigenvalue weighted by Gasteiger charge is -2.18. The number of nitrogen functional groups attached to an aromatic ring is 1. The summed E-state index contributed by atoms with van der Waals surface area (Å²) in [6.45, 7) is 1.47. The average Bonchev–Trinajstić information content (AvgIpc) is 3.23. The predicted molar refractivity (Wildman–Crippen MR) is 122 cm³/mol. The number of anilines is 1. The molecule has 9 nitrogen and oxygen atoms in total. The fourth-order valence-corrected chi connectivity index (χ4v) is 3.82. The van der Waals surface area contributed by atoms with E-state index in [1.165, 1.54) is 36.0 Å². The minimum atomic E-state index is -4.66. The number of nitrogens with zero attached hydrogens (tertiary/aromatic N) is 5. The smallest absolute Gasteiger partial charge is 0.399 e. The second-order valence-electron chi connectivity index (χ2n) is 8.08. The van der Waals surface area contributed by atoms with Gasteiger partial charge in [0.1, 0.15) is 11.5 Å². The van der Waals surface area contributed by atoms with Gasteiger partial charge in [-0.3, -0.25) is 9.59 Å². The van der Waals surface area contributed by atoms with Crippen LogP contribution in [0.5, 0.6) is 0 Å². The van der Waals surface area contributed by atoms with E-state index in [0.29, 0.717) is 15.9 Å². The Labute approximate surface area is 201 Å². The molecule has 0 bridgehead atoms. The first-order valence-corrected chi connectivity index (χ1v) is 10.4. The number of carbonyl (C=O) groups excluding carboxylic acids is 1. The maximum atomic E-state index is 14.8. The summed E-state index contributed by atoms with van der Waals surface area (Å²) in [5.74, 6) is -2.80. The van der Waals surface area contributed by atoms with E-state index in [1.807, 2.05) is 0 Å². The molecule has 0 saturated heterocycles. The zero-order chi connectivity index (χ0) is 26.4. The number of amides is 1. The number of alkyl halides is 3. The molecule has 0 spiro atoms. The Morgan fingerprint density at radius 1 is 1.11 bits per heavy atom. The molecule has 186 valence electrons. The largest absolute Gasteiger partial charge is 0.416 e. The van der Waals surface area contributed by atoms with Gasteiger partial charge in [-0.15, -0.1) is 5.10 Å². The van der Waals surface area contributed by atoms with Crippen molar-refractivity contribution in [1.29, 1.82) is 0 Å². The summed E-state index contributed by atoms with van der Waals surface area (Å²) in [5.41, 5.74) is 9.51. The molecule has 4 rings (SSSR count).